The molecule has 15 heavy (non-hydrogen) atoms. The molecule has 1 aromatic carbocycles. The molecular weight excluding hydrogens is 294 g/mol. The second-order valence-corrected chi connectivity index (χ2v) is 5.97. The molecule has 78 valence electrons. The lowest BCUT2D eigenvalue weighted by molar-refractivity contribution is 1.57. The van der Waals surface area contributed by atoms with Crippen molar-refractivity contribution in [2.75, 3.05) is 5.73 Å². The Kier molecular flexibility index (Phi) is 3.05. The summed E-state index contributed by atoms with van der Waals surface area (Å²) in [6.45, 7) is 2.03. The Hall–Kier alpha value is -0.510. The van der Waals surface area contributed by atoms with Crippen molar-refractivity contribution < 1.29 is 0 Å². The summed E-state index contributed by atoms with van der Waals surface area (Å²) in [6.07, 6.45) is 0. The van der Waals surface area contributed by atoms with E-state index in [1.807, 2.05) is 31.2 Å². The first-order valence-corrected chi connectivity index (χ1v) is 6.38. The van der Waals surface area contributed by atoms with Crippen molar-refractivity contribution in [1.29, 1.82) is 0 Å². The molecule has 0 spiro atoms. The van der Waals surface area contributed by atoms with Gasteiger partial charge in [-0.25, -0.2) is 0 Å². The van der Waals surface area contributed by atoms with Crippen LogP contribution in [-0.4, -0.2) is 0 Å². The number of aryl methyl sites for hydroxylation is 1. The molecule has 4 heteroatoms. The van der Waals surface area contributed by atoms with Crippen molar-refractivity contribution in [2.45, 2.75) is 6.92 Å². The molecule has 0 radical (unpaired) electrons. The first kappa shape index (κ1) is 11.0. The van der Waals surface area contributed by atoms with Crippen LogP contribution in [0.1, 0.15) is 4.88 Å². The van der Waals surface area contributed by atoms with Gasteiger partial charge in [0.15, 0.2) is 0 Å². The zero-order chi connectivity index (χ0) is 11.0. The molecule has 1 nitrogen and oxygen atoms in total. The predicted molar refractivity (Wildman–Crippen MR) is 71.6 cm³/mol. The topological polar surface area (TPSA) is 26.0 Å². The first-order valence-electron chi connectivity index (χ1n) is 4.40. The summed E-state index contributed by atoms with van der Waals surface area (Å²) < 4.78 is 1.73. The van der Waals surface area contributed by atoms with E-state index < -0.39 is 0 Å². The van der Waals surface area contributed by atoms with Crippen LogP contribution in [0, 0.1) is 6.92 Å². The standard InChI is InChI=1S/C11H9BrClNS/c1-6-9(10(14)11(13)15-6)7-2-4-8(12)5-3-7/h2-5H,14H2,1H3. The summed E-state index contributed by atoms with van der Waals surface area (Å²) in [5.74, 6) is 0. The smallest absolute Gasteiger partial charge is 0.117 e. The maximum Gasteiger partial charge on any atom is 0.117 e. The number of halogens is 2. The molecule has 0 unspecified atom stereocenters. The summed E-state index contributed by atoms with van der Waals surface area (Å²) in [4.78, 5) is 1.15. The van der Waals surface area contributed by atoms with Crippen molar-refractivity contribution in [2.24, 2.45) is 0 Å². The van der Waals surface area contributed by atoms with Crippen LogP contribution in [0.2, 0.25) is 4.34 Å². The van der Waals surface area contributed by atoms with E-state index in [9.17, 15) is 0 Å². The lowest BCUT2D eigenvalue weighted by Gasteiger charge is -2.02. The molecule has 0 atom stereocenters. The number of nitrogen functional groups attached to an aromatic ring is 1. The fourth-order valence-corrected chi connectivity index (χ4v) is 3.02. The minimum Gasteiger partial charge on any atom is -0.396 e. The average molecular weight is 303 g/mol. The minimum atomic E-state index is 0.672. The third-order valence-corrected chi connectivity index (χ3v) is 4.08. The van der Waals surface area contributed by atoms with Gasteiger partial charge in [-0.2, -0.15) is 0 Å². The molecule has 1 heterocycles. The molecule has 0 aliphatic rings. The number of hydrogen-bond donors (Lipinski definition) is 1. The van der Waals surface area contributed by atoms with Gasteiger partial charge in [-0.1, -0.05) is 39.7 Å². The lowest BCUT2D eigenvalue weighted by Crippen LogP contribution is -1.87. The number of hydrogen-bond acceptors (Lipinski definition) is 2. The Morgan fingerprint density at radius 2 is 1.87 bits per heavy atom. The first-order chi connectivity index (χ1) is 7.09. The van der Waals surface area contributed by atoms with E-state index in [4.69, 9.17) is 17.3 Å². The van der Waals surface area contributed by atoms with Crippen molar-refractivity contribution in [1.82, 2.24) is 0 Å². The second-order valence-electron chi connectivity index (χ2n) is 3.23. The number of nitrogens with two attached hydrogens (primary N) is 1. The SMILES string of the molecule is Cc1sc(Cl)c(N)c1-c1ccc(Br)cc1. The van der Waals surface area contributed by atoms with Crippen LogP contribution in [-0.2, 0) is 0 Å². The van der Waals surface area contributed by atoms with E-state index in [2.05, 4.69) is 15.9 Å². The average Bonchev–Trinajstić information content (AvgIpc) is 2.44. The zero-order valence-corrected chi connectivity index (χ0v) is 11.2. The van der Waals surface area contributed by atoms with Gasteiger partial charge < -0.3 is 5.73 Å². The Bertz CT molecular complexity index is 490. The summed E-state index contributed by atoms with van der Waals surface area (Å²) >= 11 is 10.9. The molecule has 0 aliphatic carbocycles. The fourth-order valence-electron chi connectivity index (χ4n) is 1.50. The molecule has 0 amide bonds. The molecule has 0 saturated carbocycles. The number of benzene rings is 1. The predicted octanol–water partition coefficient (Wildman–Crippen LogP) is 4.72. The highest BCUT2D eigenvalue weighted by molar-refractivity contribution is 9.10. The summed E-state index contributed by atoms with van der Waals surface area (Å²) in [5.41, 5.74) is 8.78. The van der Waals surface area contributed by atoms with Crippen molar-refractivity contribution in [3.8, 4) is 11.1 Å². The van der Waals surface area contributed by atoms with Crippen LogP contribution in [0.25, 0.3) is 11.1 Å². The Morgan fingerprint density at radius 3 is 2.33 bits per heavy atom. The Balaban J connectivity index is 2.58. The van der Waals surface area contributed by atoms with Crippen LogP contribution >= 0.6 is 38.9 Å². The van der Waals surface area contributed by atoms with Gasteiger partial charge in [-0.15, -0.1) is 11.3 Å². The molecule has 0 aliphatic heterocycles. The Labute approximate surface area is 106 Å². The van der Waals surface area contributed by atoms with Crippen LogP contribution in [0.4, 0.5) is 5.69 Å². The molecule has 0 fully saturated rings. The third-order valence-electron chi connectivity index (χ3n) is 2.21. The largest absolute Gasteiger partial charge is 0.396 e. The third kappa shape index (κ3) is 2.05. The quantitative estimate of drug-likeness (QED) is 0.810. The molecular formula is C11H9BrClNS. The van der Waals surface area contributed by atoms with E-state index in [0.717, 1.165) is 20.5 Å². The van der Waals surface area contributed by atoms with Gasteiger partial charge >= 0.3 is 0 Å². The maximum atomic E-state index is 6.00. The summed E-state index contributed by atoms with van der Waals surface area (Å²) in [6, 6.07) is 8.07. The van der Waals surface area contributed by atoms with E-state index in [1.54, 1.807) is 0 Å². The number of thiophene rings is 1. The number of anilines is 1. The fraction of sp³-hybridized carbons (Fsp3) is 0.0909. The van der Waals surface area contributed by atoms with Gasteiger partial charge in [0.25, 0.3) is 0 Å². The van der Waals surface area contributed by atoms with Crippen LogP contribution in [0.15, 0.2) is 28.7 Å². The van der Waals surface area contributed by atoms with Crippen LogP contribution < -0.4 is 5.73 Å². The van der Waals surface area contributed by atoms with E-state index in [0.29, 0.717) is 10.0 Å². The number of rotatable bonds is 1. The molecule has 1 aromatic heterocycles. The van der Waals surface area contributed by atoms with Crippen LogP contribution in [0.3, 0.4) is 0 Å². The van der Waals surface area contributed by atoms with Crippen LogP contribution in [0.5, 0.6) is 0 Å². The van der Waals surface area contributed by atoms with Crippen molar-refractivity contribution in [3.05, 3.63) is 38.0 Å². The summed E-state index contributed by atoms with van der Waals surface area (Å²) in [5, 5.41) is 0. The second kappa shape index (κ2) is 4.16. The van der Waals surface area contributed by atoms with Gasteiger partial charge in [0.1, 0.15) is 4.34 Å². The highest BCUT2D eigenvalue weighted by Gasteiger charge is 2.12. The molecule has 2 aromatic rings. The van der Waals surface area contributed by atoms with E-state index in [-0.39, 0.29) is 0 Å². The van der Waals surface area contributed by atoms with E-state index >= 15 is 0 Å². The zero-order valence-electron chi connectivity index (χ0n) is 8.05. The van der Waals surface area contributed by atoms with Crippen molar-refractivity contribution >= 4 is 44.6 Å². The normalized spacial score (nSPS) is 10.6. The lowest BCUT2D eigenvalue weighted by atomic mass is 10.1. The Morgan fingerprint density at radius 1 is 1.27 bits per heavy atom. The van der Waals surface area contributed by atoms with Gasteiger partial charge in [0.05, 0.1) is 5.69 Å². The summed E-state index contributed by atoms with van der Waals surface area (Å²) in [7, 11) is 0. The maximum absolute atomic E-state index is 6.00. The molecule has 2 N–H and O–H groups in total. The monoisotopic (exact) mass is 301 g/mol. The van der Waals surface area contributed by atoms with Gasteiger partial charge in [-0.05, 0) is 24.6 Å². The van der Waals surface area contributed by atoms with Crippen molar-refractivity contribution in [3.63, 3.8) is 0 Å². The van der Waals surface area contributed by atoms with E-state index in [1.165, 1.54) is 11.3 Å². The minimum absolute atomic E-state index is 0.672. The van der Waals surface area contributed by atoms with Gasteiger partial charge in [0, 0.05) is 14.9 Å². The highest BCUT2D eigenvalue weighted by atomic mass is 79.9. The highest BCUT2D eigenvalue weighted by Crippen LogP contribution is 2.41. The molecule has 0 saturated heterocycles. The van der Waals surface area contributed by atoms with Gasteiger partial charge in [-0.3, -0.25) is 0 Å². The molecule has 2 rings (SSSR count). The van der Waals surface area contributed by atoms with Gasteiger partial charge in [0.2, 0.25) is 0 Å². The molecule has 0 bridgehead atoms.